The molecule has 43 heavy (non-hydrogen) atoms. The Morgan fingerprint density at radius 2 is 1.47 bits per heavy atom. The van der Waals surface area contributed by atoms with Crippen molar-refractivity contribution in [3.8, 4) is 0 Å². The monoisotopic (exact) mass is 659 g/mol. The zero-order chi connectivity index (χ0) is 32.5. The molecular weight excluding hydrogens is 595 g/mol. The van der Waals surface area contributed by atoms with Gasteiger partial charge < -0.3 is 13.6 Å². The van der Waals surface area contributed by atoms with E-state index in [2.05, 4.69) is 65.4 Å². The van der Waals surface area contributed by atoms with Crippen LogP contribution in [0.1, 0.15) is 118 Å². The van der Waals surface area contributed by atoms with E-state index in [0.29, 0.717) is 18.8 Å². The number of esters is 1. The molecule has 1 aromatic heterocycles. The summed E-state index contributed by atoms with van der Waals surface area (Å²) in [7, 11) is -7.80. The van der Waals surface area contributed by atoms with E-state index in [1.807, 2.05) is 0 Å². The number of furan rings is 1. The molecule has 10 heteroatoms. The topological polar surface area (TPSA) is 94.8 Å². The standard InChI is InChI=1S/C33H65NO6SSi2/c1-10-14-15-16-17-18-19-20-21-22-31(35)39-33(29(7)40-42(8,9)27-28(5)6)41(36,37)34-24-23-30-25-32(38-26-30)43(11-2,12-3)13-4/h25-26,28-29,33-34H,10-24,27H2,1-9H3. The number of ether oxygens (including phenoxy) is 1. The average Bonchev–Trinajstić information content (AvgIpc) is 3.40. The third-order valence-corrected chi connectivity index (χ3v) is 18.6. The summed E-state index contributed by atoms with van der Waals surface area (Å²) in [5, 5.41) is 1.10. The van der Waals surface area contributed by atoms with Crippen LogP contribution in [0.3, 0.4) is 0 Å². The molecule has 0 spiro atoms. The molecule has 0 radical (unpaired) electrons. The average molecular weight is 660 g/mol. The molecule has 0 saturated heterocycles. The number of nitrogens with one attached hydrogen (secondary N) is 1. The van der Waals surface area contributed by atoms with Crippen molar-refractivity contribution in [3.63, 3.8) is 0 Å². The molecule has 0 aromatic carbocycles. The molecule has 7 nitrogen and oxygen atoms in total. The largest absolute Gasteiger partial charge is 0.474 e. The zero-order valence-electron chi connectivity index (χ0n) is 29.1. The fraction of sp³-hybridized carbons (Fsp3) is 0.848. The quantitative estimate of drug-likeness (QED) is 0.0643. The summed E-state index contributed by atoms with van der Waals surface area (Å²) in [6.07, 6.45) is 12.0. The molecule has 0 saturated carbocycles. The van der Waals surface area contributed by atoms with Crippen LogP contribution in [-0.2, 0) is 30.4 Å². The van der Waals surface area contributed by atoms with Gasteiger partial charge in [0.05, 0.1) is 17.8 Å². The second-order valence-electron chi connectivity index (χ2n) is 13.5. The van der Waals surface area contributed by atoms with Gasteiger partial charge in [0.15, 0.2) is 8.32 Å². The molecule has 1 rings (SSSR count). The maximum absolute atomic E-state index is 13.6. The van der Waals surface area contributed by atoms with Crippen LogP contribution in [0.25, 0.3) is 0 Å². The minimum absolute atomic E-state index is 0.200. The Balaban J connectivity index is 2.83. The van der Waals surface area contributed by atoms with Crippen LogP contribution in [0.2, 0.25) is 37.3 Å². The predicted octanol–water partition coefficient (Wildman–Crippen LogP) is 8.51. The van der Waals surface area contributed by atoms with Crippen LogP contribution >= 0.6 is 0 Å². The Morgan fingerprint density at radius 1 is 0.907 bits per heavy atom. The van der Waals surface area contributed by atoms with Gasteiger partial charge in [-0.15, -0.1) is 0 Å². The van der Waals surface area contributed by atoms with Gasteiger partial charge >= 0.3 is 5.97 Å². The number of rotatable bonds is 25. The van der Waals surface area contributed by atoms with Gasteiger partial charge in [-0.2, -0.15) is 0 Å². The van der Waals surface area contributed by atoms with E-state index in [4.69, 9.17) is 13.6 Å². The molecule has 0 aliphatic carbocycles. The van der Waals surface area contributed by atoms with Crippen molar-refractivity contribution in [1.29, 1.82) is 0 Å². The molecule has 1 heterocycles. The summed E-state index contributed by atoms with van der Waals surface area (Å²) in [5.74, 6) is -0.0393. The number of hydrogen-bond donors (Lipinski definition) is 1. The van der Waals surface area contributed by atoms with E-state index in [1.165, 1.54) is 38.5 Å². The highest BCUT2D eigenvalue weighted by molar-refractivity contribution is 7.90. The van der Waals surface area contributed by atoms with Crippen LogP contribution in [0.5, 0.6) is 0 Å². The van der Waals surface area contributed by atoms with Crippen molar-refractivity contribution in [2.24, 2.45) is 5.92 Å². The smallest absolute Gasteiger partial charge is 0.307 e. The second kappa shape index (κ2) is 20.2. The van der Waals surface area contributed by atoms with Crippen LogP contribution < -0.4 is 10.1 Å². The molecule has 252 valence electrons. The summed E-state index contributed by atoms with van der Waals surface area (Å²) in [6, 6.07) is 6.39. The highest BCUT2D eigenvalue weighted by Crippen LogP contribution is 2.24. The fourth-order valence-corrected chi connectivity index (χ4v) is 14.2. The lowest BCUT2D eigenvalue weighted by Gasteiger charge is -2.32. The van der Waals surface area contributed by atoms with Crippen molar-refractivity contribution in [3.05, 3.63) is 17.9 Å². The molecule has 0 fully saturated rings. The lowest BCUT2D eigenvalue weighted by atomic mass is 10.1. The van der Waals surface area contributed by atoms with Crippen LogP contribution in [0, 0.1) is 5.92 Å². The summed E-state index contributed by atoms with van der Waals surface area (Å²) in [4.78, 5) is 12.9. The summed E-state index contributed by atoms with van der Waals surface area (Å²) < 4.78 is 47.9. The Morgan fingerprint density at radius 3 is 2.00 bits per heavy atom. The molecule has 0 amide bonds. The lowest BCUT2D eigenvalue weighted by Crippen LogP contribution is -2.49. The zero-order valence-corrected chi connectivity index (χ0v) is 31.9. The fourth-order valence-electron chi connectivity index (χ4n) is 6.25. The van der Waals surface area contributed by atoms with Gasteiger partial charge in [-0.05, 0) is 56.5 Å². The van der Waals surface area contributed by atoms with Gasteiger partial charge in [0.25, 0.3) is 10.0 Å². The van der Waals surface area contributed by atoms with Gasteiger partial charge in [0, 0.05) is 13.0 Å². The molecular formula is C33H65NO6SSi2. The maximum Gasteiger partial charge on any atom is 0.307 e. The first-order chi connectivity index (χ1) is 20.3. The van der Waals surface area contributed by atoms with Crippen molar-refractivity contribution in [2.75, 3.05) is 6.54 Å². The normalized spacial score (nSPS) is 14.3. The number of hydrogen-bond acceptors (Lipinski definition) is 6. The molecule has 1 aromatic rings. The van der Waals surface area contributed by atoms with Crippen LogP contribution in [0.4, 0.5) is 0 Å². The van der Waals surface area contributed by atoms with E-state index in [0.717, 1.165) is 48.0 Å². The van der Waals surface area contributed by atoms with Gasteiger partial charge in [-0.25, -0.2) is 13.1 Å². The summed E-state index contributed by atoms with van der Waals surface area (Å²) in [5.41, 5.74) is -0.406. The first kappa shape index (κ1) is 40.1. The highest BCUT2D eigenvalue weighted by atomic mass is 32.2. The number of carbonyl (C=O) groups is 1. The number of unbranched alkanes of at least 4 members (excludes halogenated alkanes) is 8. The van der Waals surface area contributed by atoms with Crippen molar-refractivity contribution in [2.45, 2.75) is 168 Å². The lowest BCUT2D eigenvalue weighted by molar-refractivity contribution is -0.148. The van der Waals surface area contributed by atoms with Crippen molar-refractivity contribution in [1.82, 2.24) is 4.72 Å². The molecule has 1 N–H and O–H groups in total. The second-order valence-corrected chi connectivity index (χ2v) is 24.6. The van der Waals surface area contributed by atoms with Gasteiger partial charge in [0.2, 0.25) is 5.44 Å². The Bertz CT molecular complexity index is 999. The highest BCUT2D eigenvalue weighted by Gasteiger charge is 2.39. The van der Waals surface area contributed by atoms with Crippen LogP contribution in [-0.4, -0.2) is 48.9 Å². The van der Waals surface area contributed by atoms with Crippen molar-refractivity contribution >= 4 is 37.8 Å². The Kier molecular flexibility index (Phi) is 18.9. The van der Waals surface area contributed by atoms with Gasteiger partial charge in [-0.1, -0.05) is 111 Å². The van der Waals surface area contributed by atoms with E-state index in [9.17, 15) is 13.2 Å². The van der Waals surface area contributed by atoms with E-state index in [-0.39, 0.29) is 13.0 Å². The predicted molar refractivity (Wildman–Crippen MR) is 186 cm³/mol. The first-order valence-electron chi connectivity index (χ1n) is 17.2. The van der Waals surface area contributed by atoms with E-state index >= 15 is 0 Å². The number of sulfonamides is 1. The molecule has 0 aliphatic heterocycles. The summed E-state index contributed by atoms with van der Waals surface area (Å²) in [6.45, 7) is 19.3. The van der Waals surface area contributed by atoms with Gasteiger partial charge in [0.1, 0.15) is 8.07 Å². The van der Waals surface area contributed by atoms with Crippen molar-refractivity contribution < 1.29 is 26.8 Å². The SMILES string of the molecule is CCCCCCCCCCCC(=O)OC(C(C)O[Si](C)(C)CC(C)C)S(=O)(=O)NCCc1coc([Si](CC)(CC)CC)c1. The summed E-state index contributed by atoms with van der Waals surface area (Å²) >= 11 is 0. The third kappa shape index (κ3) is 14.8. The van der Waals surface area contributed by atoms with Gasteiger partial charge in [-0.3, -0.25) is 4.79 Å². The minimum atomic E-state index is -3.99. The van der Waals surface area contributed by atoms with E-state index in [1.54, 1.807) is 13.2 Å². The van der Waals surface area contributed by atoms with Crippen LogP contribution in [0.15, 0.2) is 16.7 Å². The Labute approximate surface area is 266 Å². The third-order valence-electron chi connectivity index (χ3n) is 8.75. The molecule has 2 atom stereocenters. The maximum atomic E-state index is 13.6. The molecule has 0 aliphatic rings. The minimum Gasteiger partial charge on any atom is -0.474 e. The molecule has 2 unspecified atom stereocenters. The molecule has 0 bridgehead atoms. The first-order valence-corrected chi connectivity index (χ1v) is 24.5. The number of carbonyl (C=O) groups excluding carboxylic acids is 1. The Hall–Kier alpha value is -0.946. The van der Waals surface area contributed by atoms with E-state index < -0.39 is 43.9 Å².